The van der Waals surface area contributed by atoms with Gasteiger partial charge in [-0.05, 0) is 13.0 Å². The summed E-state index contributed by atoms with van der Waals surface area (Å²) in [5, 5.41) is 12.6. The monoisotopic (exact) mass is 294 g/mol. The highest BCUT2D eigenvalue weighted by Crippen LogP contribution is 2.23. The summed E-state index contributed by atoms with van der Waals surface area (Å²) < 4.78 is 0. The molecule has 0 spiro atoms. The van der Waals surface area contributed by atoms with Crippen LogP contribution in [0.5, 0.6) is 0 Å². The van der Waals surface area contributed by atoms with Crippen LogP contribution < -0.4 is 11.1 Å². The normalized spacial score (nSPS) is 12.8. The molecular formula is C13H30N2OS2. The van der Waals surface area contributed by atoms with Crippen molar-refractivity contribution in [2.75, 3.05) is 19.0 Å². The molecule has 0 aliphatic rings. The van der Waals surface area contributed by atoms with Crippen molar-refractivity contribution in [2.24, 2.45) is 5.73 Å². The molecule has 3 nitrogen and oxygen atoms in total. The van der Waals surface area contributed by atoms with Gasteiger partial charge in [0, 0.05) is 6.54 Å². The molecular weight excluding hydrogens is 264 g/mol. The highest BCUT2D eigenvalue weighted by atomic mass is 33.1. The van der Waals surface area contributed by atoms with E-state index in [-0.39, 0.29) is 0 Å². The van der Waals surface area contributed by atoms with E-state index < -0.39 is 5.44 Å². The maximum absolute atomic E-state index is 9.21. The zero-order valence-electron chi connectivity index (χ0n) is 11.7. The van der Waals surface area contributed by atoms with Crippen molar-refractivity contribution in [3.63, 3.8) is 0 Å². The van der Waals surface area contributed by atoms with Crippen LogP contribution in [0, 0.1) is 0 Å². The van der Waals surface area contributed by atoms with Crippen LogP contribution in [0.1, 0.15) is 58.3 Å². The summed E-state index contributed by atoms with van der Waals surface area (Å²) in [5.74, 6) is 0.887. The summed E-state index contributed by atoms with van der Waals surface area (Å²) in [6.07, 6.45) is 10.9. The molecule has 5 heteroatoms. The molecule has 110 valence electrons. The van der Waals surface area contributed by atoms with Crippen LogP contribution in [-0.2, 0) is 0 Å². The van der Waals surface area contributed by atoms with E-state index in [0.717, 1.165) is 12.4 Å². The molecule has 0 saturated carbocycles. The third-order valence-corrected chi connectivity index (χ3v) is 5.05. The van der Waals surface area contributed by atoms with Gasteiger partial charge in [-0.15, -0.1) is 0 Å². The van der Waals surface area contributed by atoms with Gasteiger partial charge in [0.15, 0.2) is 0 Å². The highest BCUT2D eigenvalue weighted by molar-refractivity contribution is 8.76. The van der Waals surface area contributed by atoms with Crippen LogP contribution in [0.15, 0.2) is 0 Å². The van der Waals surface area contributed by atoms with Gasteiger partial charge in [-0.3, -0.25) is 0 Å². The van der Waals surface area contributed by atoms with E-state index >= 15 is 0 Å². The summed E-state index contributed by atoms with van der Waals surface area (Å²) in [6.45, 7) is 3.67. The number of aliphatic hydroxyl groups is 1. The first kappa shape index (κ1) is 18.6. The first-order chi connectivity index (χ1) is 8.81. The van der Waals surface area contributed by atoms with Crippen molar-refractivity contribution in [3.05, 3.63) is 0 Å². The third-order valence-electron chi connectivity index (χ3n) is 2.75. The average molecular weight is 295 g/mol. The first-order valence-electron chi connectivity index (χ1n) is 7.18. The van der Waals surface area contributed by atoms with Crippen LogP contribution in [0.2, 0.25) is 0 Å². The van der Waals surface area contributed by atoms with Crippen molar-refractivity contribution in [1.82, 2.24) is 5.32 Å². The van der Waals surface area contributed by atoms with E-state index in [2.05, 4.69) is 12.2 Å². The lowest BCUT2D eigenvalue weighted by Crippen LogP contribution is -2.17. The second-order valence-corrected chi connectivity index (χ2v) is 7.07. The fourth-order valence-corrected chi connectivity index (χ4v) is 3.34. The molecule has 0 rings (SSSR count). The first-order valence-corrected chi connectivity index (χ1v) is 9.56. The Kier molecular flexibility index (Phi) is 16.1. The van der Waals surface area contributed by atoms with E-state index in [1.807, 2.05) is 0 Å². The molecule has 18 heavy (non-hydrogen) atoms. The molecule has 0 aromatic rings. The predicted octanol–water partition coefficient (Wildman–Crippen LogP) is 3.33. The fourth-order valence-electron chi connectivity index (χ4n) is 1.65. The molecule has 0 heterocycles. The maximum Gasteiger partial charge on any atom is 0.121 e. The van der Waals surface area contributed by atoms with Gasteiger partial charge in [-0.2, -0.15) is 0 Å². The van der Waals surface area contributed by atoms with Gasteiger partial charge >= 0.3 is 0 Å². The van der Waals surface area contributed by atoms with Gasteiger partial charge in [0.1, 0.15) is 5.44 Å². The molecule has 0 aromatic carbocycles. The Hall–Kier alpha value is 0.580. The summed E-state index contributed by atoms with van der Waals surface area (Å²) in [6, 6.07) is 0. The average Bonchev–Trinajstić information content (AvgIpc) is 2.39. The van der Waals surface area contributed by atoms with Gasteiger partial charge in [-0.25, -0.2) is 0 Å². The van der Waals surface area contributed by atoms with Crippen LogP contribution in [0.3, 0.4) is 0 Å². The van der Waals surface area contributed by atoms with E-state index in [4.69, 9.17) is 5.73 Å². The van der Waals surface area contributed by atoms with Gasteiger partial charge < -0.3 is 16.2 Å². The molecule has 0 bridgehead atoms. The summed E-state index contributed by atoms with van der Waals surface area (Å²) in [5.41, 5.74) is 4.88. The number of hydrogen-bond donors (Lipinski definition) is 3. The number of aliphatic hydroxyl groups excluding tert-OH is 1. The number of hydrogen-bond acceptors (Lipinski definition) is 5. The molecule has 0 aliphatic heterocycles. The summed E-state index contributed by atoms with van der Waals surface area (Å²) >= 11 is 0. The lowest BCUT2D eigenvalue weighted by molar-refractivity contribution is 0.273. The number of rotatable bonds is 14. The predicted molar refractivity (Wildman–Crippen MR) is 85.7 cm³/mol. The molecule has 4 N–H and O–H groups in total. The Bertz CT molecular complexity index is 162. The van der Waals surface area contributed by atoms with Crippen LogP contribution >= 0.6 is 21.6 Å². The van der Waals surface area contributed by atoms with E-state index in [1.165, 1.54) is 62.2 Å². The quantitative estimate of drug-likeness (QED) is 0.261. The van der Waals surface area contributed by atoms with Crippen molar-refractivity contribution in [2.45, 2.75) is 63.7 Å². The topological polar surface area (TPSA) is 58.3 Å². The minimum atomic E-state index is -0.431. The van der Waals surface area contributed by atoms with Gasteiger partial charge in [-0.1, -0.05) is 73.5 Å². The highest BCUT2D eigenvalue weighted by Gasteiger charge is 2.00. The third kappa shape index (κ3) is 14.6. The van der Waals surface area contributed by atoms with Crippen LogP contribution in [-0.4, -0.2) is 29.5 Å². The van der Waals surface area contributed by atoms with Crippen molar-refractivity contribution < 1.29 is 5.11 Å². The van der Waals surface area contributed by atoms with Gasteiger partial charge in [0.2, 0.25) is 0 Å². The second kappa shape index (κ2) is 15.6. The lowest BCUT2D eigenvalue weighted by atomic mass is 10.1. The van der Waals surface area contributed by atoms with E-state index in [0.29, 0.717) is 6.54 Å². The minimum Gasteiger partial charge on any atom is -0.380 e. The van der Waals surface area contributed by atoms with Gasteiger partial charge in [0.25, 0.3) is 0 Å². The summed E-state index contributed by atoms with van der Waals surface area (Å²) in [7, 11) is 3.08. The van der Waals surface area contributed by atoms with Crippen molar-refractivity contribution in [3.8, 4) is 0 Å². The van der Waals surface area contributed by atoms with Crippen molar-refractivity contribution in [1.29, 1.82) is 0 Å². The molecule has 1 unspecified atom stereocenters. The Labute approximate surface area is 120 Å². The van der Waals surface area contributed by atoms with Gasteiger partial charge in [0.05, 0.1) is 5.88 Å². The fraction of sp³-hybridized carbons (Fsp3) is 1.00. The van der Waals surface area contributed by atoms with Crippen LogP contribution in [0.25, 0.3) is 0 Å². The maximum atomic E-state index is 9.21. The second-order valence-electron chi connectivity index (χ2n) is 4.52. The smallest absolute Gasteiger partial charge is 0.121 e. The SMILES string of the molecule is CCCCCCCCCCNCSSC(O)CN. The summed E-state index contributed by atoms with van der Waals surface area (Å²) in [4.78, 5) is 0. The Morgan fingerprint density at radius 3 is 2.28 bits per heavy atom. The zero-order chi connectivity index (χ0) is 13.5. The Balaban J connectivity index is 2.94. The molecule has 0 fully saturated rings. The zero-order valence-corrected chi connectivity index (χ0v) is 13.3. The molecule has 0 amide bonds. The Morgan fingerprint density at radius 1 is 1.06 bits per heavy atom. The molecule has 0 radical (unpaired) electrons. The van der Waals surface area contributed by atoms with Crippen molar-refractivity contribution >= 4 is 21.6 Å². The van der Waals surface area contributed by atoms with E-state index in [1.54, 1.807) is 10.8 Å². The molecule has 0 aliphatic carbocycles. The molecule has 0 saturated heterocycles. The molecule has 1 atom stereocenters. The largest absolute Gasteiger partial charge is 0.380 e. The number of nitrogens with one attached hydrogen (secondary N) is 1. The molecule has 0 aromatic heterocycles. The minimum absolute atomic E-state index is 0.329. The Morgan fingerprint density at radius 2 is 1.67 bits per heavy atom. The number of nitrogens with two attached hydrogens (primary N) is 1. The van der Waals surface area contributed by atoms with E-state index in [9.17, 15) is 5.11 Å². The number of unbranched alkanes of at least 4 members (excludes halogenated alkanes) is 7. The lowest BCUT2D eigenvalue weighted by Gasteiger charge is -2.07. The standard InChI is InChI=1S/C13H30N2OS2/c1-2-3-4-5-6-7-8-9-10-15-12-17-18-13(16)11-14/h13,15-16H,2-12,14H2,1H3. The van der Waals surface area contributed by atoms with Crippen LogP contribution in [0.4, 0.5) is 0 Å².